The van der Waals surface area contributed by atoms with Crippen molar-refractivity contribution < 1.29 is 20.1 Å². The van der Waals surface area contributed by atoms with Crippen molar-refractivity contribution in [1.29, 1.82) is 0 Å². The van der Waals surface area contributed by atoms with Gasteiger partial charge in [0.25, 0.3) is 0 Å². The zero-order valence-corrected chi connectivity index (χ0v) is 19.6. The molecule has 1 amide bonds. The molecule has 0 aromatic carbocycles. The van der Waals surface area contributed by atoms with E-state index in [1.165, 1.54) is 0 Å². The Morgan fingerprint density at radius 3 is 2.55 bits per heavy atom. The molecule has 0 aromatic rings. The third-order valence-electron chi connectivity index (χ3n) is 10.6. The summed E-state index contributed by atoms with van der Waals surface area (Å²) in [5.41, 5.74) is 5.32. The average Bonchev–Trinajstić information content (AvgIpc) is 3.07. The van der Waals surface area contributed by atoms with Crippen LogP contribution < -0.4 is 11.1 Å². The molecule has 0 spiro atoms. The fourth-order valence-corrected chi connectivity index (χ4v) is 8.89. The van der Waals surface area contributed by atoms with Gasteiger partial charge in [0.1, 0.15) is 0 Å². The number of nitrogens with two attached hydrogens (primary N) is 1. The summed E-state index contributed by atoms with van der Waals surface area (Å²) >= 11 is 0. The molecule has 0 saturated heterocycles. The van der Waals surface area contributed by atoms with E-state index in [9.17, 15) is 20.1 Å². The highest BCUT2D eigenvalue weighted by Crippen LogP contribution is 2.68. The molecule has 4 fully saturated rings. The average molecular weight is 437 g/mol. The molecular weight excluding hydrogens is 392 g/mol. The summed E-state index contributed by atoms with van der Waals surface area (Å²) < 4.78 is 0. The van der Waals surface area contributed by atoms with Gasteiger partial charge in [-0.15, -0.1) is 0 Å². The number of fused-ring (bicyclic) bond motifs is 5. The molecule has 4 saturated carbocycles. The van der Waals surface area contributed by atoms with Gasteiger partial charge < -0.3 is 26.4 Å². The van der Waals surface area contributed by atoms with Crippen molar-refractivity contribution in [2.24, 2.45) is 52.1 Å². The minimum atomic E-state index is -0.374. The second-order valence-corrected chi connectivity index (χ2v) is 11.8. The highest BCUT2D eigenvalue weighted by Gasteiger charge is 2.65. The number of nitrogens with one attached hydrogen (secondary N) is 1. The molecule has 0 aliphatic heterocycles. The van der Waals surface area contributed by atoms with Crippen molar-refractivity contribution in [2.45, 2.75) is 96.9 Å². The normalized spacial score (nSPS) is 50.2. The molecule has 4 aliphatic rings. The van der Waals surface area contributed by atoms with E-state index in [0.717, 1.165) is 51.4 Å². The van der Waals surface area contributed by atoms with Crippen LogP contribution in [0.5, 0.6) is 0 Å². The molecular formula is C25H44N2O4. The van der Waals surface area contributed by atoms with E-state index in [1.54, 1.807) is 0 Å². The Labute approximate surface area is 187 Å². The number of aliphatic hydroxyl groups is 3. The molecule has 6 nitrogen and oxygen atoms in total. The molecule has 178 valence electrons. The van der Waals surface area contributed by atoms with E-state index in [4.69, 9.17) is 5.73 Å². The Morgan fingerprint density at radius 1 is 1.10 bits per heavy atom. The van der Waals surface area contributed by atoms with Gasteiger partial charge in [0.05, 0.1) is 25.0 Å². The van der Waals surface area contributed by atoms with Crippen LogP contribution in [0.4, 0.5) is 0 Å². The summed E-state index contributed by atoms with van der Waals surface area (Å²) in [6, 6.07) is 0. The van der Waals surface area contributed by atoms with Crippen LogP contribution in [0, 0.1) is 46.3 Å². The van der Waals surface area contributed by atoms with E-state index < -0.39 is 0 Å². The number of amides is 1. The lowest BCUT2D eigenvalue weighted by molar-refractivity contribution is -0.207. The third-order valence-corrected chi connectivity index (χ3v) is 10.6. The summed E-state index contributed by atoms with van der Waals surface area (Å²) in [6.45, 7) is 7.03. The lowest BCUT2D eigenvalue weighted by atomic mass is 9.43. The Hall–Kier alpha value is -0.690. The van der Waals surface area contributed by atoms with Crippen LogP contribution in [0.1, 0.15) is 78.6 Å². The topological polar surface area (TPSA) is 116 Å². The predicted molar refractivity (Wildman–Crippen MR) is 120 cm³/mol. The summed E-state index contributed by atoms with van der Waals surface area (Å²) in [5, 5.41) is 35.8. The maximum Gasteiger partial charge on any atom is 0.220 e. The summed E-state index contributed by atoms with van der Waals surface area (Å²) in [4.78, 5) is 11.9. The number of hydrogen-bond donors (Lipinski definition) is 5. The minimum Gasteiger partial charge on any atom is -0.393 e. The van der Waals surface area contributed by atoms with E-state index in [1.807, 2.05) is 0 Å². The molecule has 4 rings (SSSR count). The van der Waals surface area contributed by atoms with Crippen LogP contribution in [0.2, 0.25) is 0 Å². The highest BCUT2D eigenvalue weighted by molar-refractivity contribution is 5.75. The summed E-state index contributed by atoms with van der Waals surface area (Å²) in [7, 11) is 0. The number of aliphatic hydroxyl groups excluding tert-OH is 3. The second-order valence-electron chi connectivity index (χ2n) is 11.8. The fourth-order valence-electron chi connectivity index (χ4n) is 8.89. The van der Waals surface area contributed by atoms with Gasteiger partial charge in [-0.2, -0.15) is 0 Å². The third kappa shape index (κ3) is 3.75. The minimum absolute atomic E-state index is 0.000498. The number of carbonyl (C=O) groups is 1. The second kappa shape index (κ2) is 8.58. The zero-order valence-electron chi connectivity index (χ0n) is 19.6. The first kappa shape index (κ1) is 23.5. The number of rotatable bonds is 5. The molecule has 0 heterocycles. The van der Waals surface area contributed by atoms with E-state index in [2.05, 4.69) is 26.1 Å². The van der Waals surface area contributed by atoms with Crippen LogP contribution in [-0.2, 0) is 4.79 Å². The lowest BCUT2D eigenvalue weighted by Gasteiger charge is -2.63. The molecule has 6 heteroatoms. The van der Waals surface area contributed by atoms with Crippen molar-refractivity contribution >= 4 is 5.91 Å². The molecule has 6 N–H and O–H groups in total. The smallest absolute Gasteiger partial charge is 0.220 e. The maximum atomic E-state index is 11.9. The monoisotopic (exact) mass is 436 g/mol. The van der Waals surface area contributed by atoms with Crippen molar-refractivity contribution in [3.05, 3.63) is 0 Å². The molecule has 11 atom stereocenters. The predicted octanol–water partition coefficient (Wildman–Crippen LogP) is 2.40. The molecule has 4 aliphatic carbocycles. The Kier molecular flexibility index (Phi) is 6.50. The molecule has 0 radical (unpaired) electrons. The van der Waals surface area contributed by atoms with Crippen LogP contribution in [-0.4, -0.2) is 46.2 Å². The van der Waals surface area contributed by atoms with Gasteiger partial charge in [0.15, 0.2) is 0 Å². The molecule has 0 aromatic heterocycles. The van der Waals surface area contributed by atoms with Crippen molar-refractivity contribution in [3.8, 4) is 0 Å². The lowest BCUT2D eigenvalue weighted by Crippen LogP contribution is -2.62. The number of hydrogen-bond acceptors (Lipinski definition) is 5. The Morgan fingerprint density at radius 2 is 1.84 bits per heavy atom. The standard InChI is InChI=1S/C25H44N2O4/c1-14(4-7-22(31)27-13-26)17-5-6-18-23-19(12-21(30)25(17,18)3)24(2)9-8-16(28)10-15(24)11-20(23)29/h14-21,23,28-30H,4-13,26H2,1-3H3,(H,27,31). The summed E-state index contributed by atoms with van der Waals surface area (Å²) in [6.07, 6.45) is 6.62. The van der Waals surface area contributed by atoms with Crippen LogP contribution in [0.15, 0.2) is 0 Å². The quantitative estimate of drug-likeness (QED) is 0.425. The molecule has 0 bridgehead atoms. The van der Waals surface area contributed by atoms with Gasteiger partial charge in [-0.25, -0.2) is 0 Å². The van der Waals surface area contributed by atoms with Gasteiger partial charge >= 0.3 is 0 Å². The van der Waals surface area contributed by atoms with Crippen LogP contribution in [0.25, 0.3) is 0 Å². The first-order valence-corrected chi connectivity index (χ1v) is 12.6. The van der Waals surface area contributed by atoms with Crippen molar-refractivity contribution in [1.82, 2.24) is 5.32 Å². The van der Waals surface area contributed by atoms with E-state index in [-0.39, 0.29) is 47.6 Å². The van der Waals surface area contributed by atoms with Crippen LogP contribution in [0.3, 0.4) is 0 Å². The van der Waals surface area contributed by atoms with E-state index in [0.29, 0.717) is 36.0 Å². The van der Waals surface area contributed by atoms with Gasteiger partial charge in [-0.05, 0) is 97.7 Å². The van der Waals surface area contributed by atoms with Crippen molar-refractivity contribution in [3.63, 3.8) is 0 Å². The van der Waals surface area contributed by atoms with Gasteiger partial charge in [0.2, 0.25) is 5.91 Å². The Bertz CT molecular complexity index is 674. The van der Waals surface area contributed by atoms with Crippen molar-refractivity contribution in [2.75, 3.05) is 6.67 Å². The summed E-state index contributed by atoms with van der Waals surface area (Å²) in [5.74, 6) is 1.95. The van der Waals surface area contributed by atoms with Gasteiger partial charge in [-0.1, -0.05) is 20.8 Å². The highest BCUT2D eigenvalue weighted by atomic mass is 16.3. The zero-order chi connectivity index (χ0) is 22.6. The first-order chi connectivity index (χ1) is 14.6. The van der Waals surface area contributed by atoms with Gasteiger partial charge in [-0.3, -0.25) is 4.79 Å². The SMILES string of the molecule is CC(CCC(=O)NCN)C1CCC2C3C(O)CC4CC(O)CCC4(C)C3CC(O)C12C. The maximum absolute atomic E-state index is 11.9. The van der Waals surface area contributed by atoms with E-state index >= 15 is 0 Å². The van der Waals surface area contributed by atoms with Crippen LogP contribution >= 0.6 is 0 Å². The fraction of sp³-hybridized carbons (Fsp3) is 0.960. The Balaban J connectivity index is 1.54. The number of carbonyl (C=O) groups excluding carboxylic acids is 1. The first-order valence-electron chi connectivity index (χ1n) is 12.6. The van der Waals surface area contributed by atoms with Gasteiger partial charge in [0, 0.05) is 6.42 Å². The largest absolute Gasteiger partial charge is 0.393 e. The molecule has 11 unspecified atom stereocenters. The molecule has 31 heavy (non-hydrogen) atoms.